The maximum Gasteiger partial charge on any atom is 0.412 e. The number of esters is 1. The number of morpholine rings is 1. The molecule has 2 amide bonds. The minimum Gasteiger partial charge on any atom is -0.454 e. The number of carbonyl (C=O) groups excluding carboxylic acids is 3. The molecule has 2 N–H and O–H groups in total. The number of ether oxygens (including phenoxy) is 2. The van der Waals surface area contributed by atoms with Gasteiger partial charge in [-0.3, -0.25) is 19.8 Å². The summed E-state index contributed by atoms with van der Waals surface area (Å²) in [5.74, 6) is -1.24. The highest BCUT2D eigenvalue weighted by Crippen LogP contribution is 2.71. The van der Waals surface area contributed by atoms with Gasteiger partial charge in [0.1, 0.15) is 23.2 Å². The van der Waals surface area contributed by atoms with Crippen LogP contribution in [0.25, 0.3) is 0 Å². The van der Waals surface area contributed by atoms with Crippen molar-refractivity contribution in [2.75, 3.05) is 10.6 Å². The second kappa shape index (κ2) is 13.4. The molecule has 1 unspecified atom stereocenters. The van der Waals surface area contributed by atoms with E-state index in [-0.39, 0.29) is 17.3 Å². The minimum atomic E-state index is -1.24. The summed E-state index contributed by atoms with van der Waals surface area (Å²) in [6.07, 6.45) is 1.83. The molecule has 2 spiro atoms. The monoisotopic (exact) mass is 857 g/mol. The van der Waals surface area contributed by atoms with Gasteiger partial charge >= 0.3 is 12.1 Å². The Kier molecular flexibility index (Phi) is 9.17. The summed E-state index contributed by atoms with van der Waals surface area (Å²) in [5.41, 5.74) is 1.92. The highest BCUT2D eigenvalue weighted by Gasteiger charge is 2.78. The van der Waals surface area contributed by atoms with Crippen molar-refractivity contribution in [2.45, 2.75) is 101 Å². The molecule has 0 radical (unpaired) electrons. The van der Waals surface area contributed by atoms with Crippen LogP contribution in [0.5, 0.6) is 0 Å². The average molecular weight is 858 g/mol. The molecule has 5 atom stereocenters. The Morgan fingerprint density at radius 3 is 2.17 bits per heavy atom. The lowest BCUT2D eigenvalue weighted by atomic mass is 9.53. The van der Waals surface area contributed by atoms with Crippen LogP contribution in [0.4, 0.5) is 16.2 Å². The van der Waals surface area contributed by atoms with Gasteiger partial charge in [0.2, 0.25) is 5.91 Å². The Bertz CT molecular complexity index is 2130. The Balaban J connectivity index is 1.43. The Morgan fingerprint density at radius 2 is 1.52 bits per heavy atom. The summed E-state index contributed by atoms with van der Waals surface area (Å²) >= 11 is 8.86. The van der Waals surface area contributed by atoms with Gasteiger partial charge in [-0.1, -0.05) is 92.2 Å². The van der Waals surface area contributed by atoms with Gasteiger partial charge in [0.25, 0.3) is 0 Å². The highest BCUT2D eigenvalue weighted by molar-refractivity contribution is 14.1. The Labute approximate surface area is 335 Å². The predicted molar refractivity (Wildman–Crippen MR) is 219 cm³/mol. The second-order valence-electron chi connectivity index (χ2n) is 17.0. The quantitative estimate of drug-likeness (QED) is 0.157. The average Bonchev–Trinajstić information content (AvgIpc) is 3.54. The van der Waals surface area contributed by atoms with Crippen LogP contribution in [0.2, 0.25) is 5.02 Å². The molecule has 8 rings (SSSR count). The minimum absolute atomic E-state index is 0.0297. The number of nitrogens with one attached hydrogen (secondary N) is 2. The normalized spacial score (nSPS) is 26.9. The van der Waals surface area contributed by atoms with E-state index in [9.17, 15) is 4.79 Å². The molecule has 4 aromatic carbocycles. The summed E-state index contributed by atoms with van der Waals surface area (Å²) < 4.78 is 13.2. The zero-order chi connectivity index (χ0) is 38.2. The zero-order valence-corrected chi connectivity index (χ0v) is 34.0. The van der Waals surface area contributed by atoms with E-state index in [0.717, 1.165) is 38.7 Å². The number of cyclic esters (lactones) is 1. The van der Waals surface area contributed by atoms with Gasteiger partial charge in [-0.15, -0.1) is 0 Å². The first-order valence-corrected chi connectivity index (χ1v) is 20.1. The molecule has 2 saturated heterocycles. The van der Waals surface area contributed by atoms with Crippen LogP contribution in [-0.2, 0) is 24.5 Å². The van der Waals surface area contributed by atoms with Crippen molar-refractivity contribution in [3.05, 3.63) is 128 Å². The van der Waals surface area contributed by atoms with Gasteiger partial charge in [0.15, 0.2) is 0 Å². The number of anilines is 2. The highest BCUT2D eigenvalue weighted by atomic mass is 127. The maximum absolute atomic E-state index is 15.5. The molecular weight excluding hydrogens is 813 g/mol. The maximum atomic E-state index is 15.5. The molecule has 0 aromatic heterocycles. The Morgan fingerprint density at radius 1 is 0.870 bits per heavy atom. The zero-order valence-electron chi connectivity index (χ0n) is 31.1. The summed E-state index contributed by atoms with van der Waals surface area (Å²) in [5, 5.41) is 6.73. The molecule has 8 nitrogen and oxygen atoms in total. The van der Waals surface area contributed by atoms with Gasteiger partial charge in [-0.2, -0.15) is 0 Å². The van der Waals surface area contributed by atoms with Crippen molar-refractivity contribution in [2.24, 2.45) is 5.41 Å². The van der Waals surface area contributed by atoms with Crippen LogP contribution < -0.4 is 10.6 Å². The van der Waals surface area contributed by atoms with Crippen molar-refractivity contribution < 1.29 is 23.9 Å². The van der Waals surface area contributed by atoms with Crippen LogP contribution in [0, 0.1) is 8.99 Å². The number of amides is 2. The molecular formula is C44H45ClIN3O5. The molecule has 3 fully saturated rings. The summed E-state index contributed by atoms with van der Waals surface area (Å²) in [6.45, 7) is 10.0. The third-order valence-corrected chi connectivity index (χ3v) is 12.9. The molecule has 1 saturated carbocycles. The lowest BCUT2D eigenvalue weighted by Gasteiger charge is -2.57. The number of halogens is 2. The summed E-state index contributed by atoms with van der Waals surface area (Å²) in [4.78, 5) is 46.2. The number of carbonyl (C=O) groups is 3. The number of hydrogen-bond acceptors (Lipinski definition) is 6. The number of hydrogen-bond donors (Lipinski definition) is 2. The fraction of sp³-hybridized carbons (Fsp3) is 0.386. The molecule has 3 heterocycles. The van der Waals surface area contributed by atoms with Gasteiger partial charge in [0.05, 0.1) is 6.04 Å². The van der Waals surface area contributed by atoms with Crippen molar-refractivity contribution >= 4 is 63.5 Å². The fourth-order valence-electron chi connectivity index (χ4n) is 9.92. The van der Waals surface area contributed by atoms with Crippen molar-refractivity contribution in [1.82, 2.24) is 4.90 Å². The summed E-state index contributed by atoms with van der Waals surface area (Å²) in [6, 6.07) is 30.4. The first-order valence-electron chi connectivity index (χ1n) is 18.6. The van der Waals surface area contributed by atoms with Gasteiger partial charge < -0.3 is 14.8 Å². The van der Waals surface area contributed by atoms with E-state index in [0.29, 0.717) is 29.2 Å². The Hall–Kier alpha value is -3.93. The molecule has 0 bridgehead atoms. The van der Waals surface area contributed by atoms with E-state index in [1.165, 1.54) is 0 Å². The smallest absolute Gasteiger partial charge is 0.412 e. The first kappa shape index (κ1) is 37.0. The molecule has 3 aliphatic heterocycles. The third kappa shape index (κ3) is 6.01. The van der Waals surface area contributed by atoms with Crippen LogP contribution in [0.1, 0.15) is 101 Å². The first-order chi connectivity index (χ1) is 25.6. The number of rotatable bonds is 4. The topological polar surface area (TPSA) is 97.0 Å². The predicted octanol–water partition coefficient (Wildman–Crippen LogP) is 10.3. The van der Waals surface area contributed by atoms with Gasteiger partial charge in [-0.25, -0.2) is 4.79 Å². The van der Waals surface area contributed by atoms with E-state index in [1.54, 1.807) is 0 Å². The molecule has 4 aliphatic rings. The number of fused-ring (bicyclic) bond motifs is 5. The number of benzene rings is 4. The SMILES string of the molecule is CC1(C)CCC2(CC1)N1[C@H](c3ccccc3)[C@H](c3ccccc3)OC(=O)[C@H]1[C@H](c1cc(I)cc(NC(=O)OC(C)(C)C)c1)C21C(=O)Nc2cc(Cl)ccc21. The van der Waals surface area contributed by atoms with E-state index < -0.39 is 46.8 Å². The lowest BCUT2D eigenvalue weighted by molar-refractivity contribution is -0.184. The molecule has 280 valence electrons. The van der Waals surface area contributed by atoms with E-state index in [2.05, 4.69) is 64.1 Å². The standard InChI is InChI=1S/C44H45ClIN3O5/c1-41(2,3)54-40(52)47-31-23-28(22-30(46)25-31)34-36-38(50)53-37(27-14-10-7-11-15-27)35(26-12-8-6-9-13-26)49(36)43(20-18-42(4,5)19-21-43)44(34)32-17-16-29(45)24-33(32)48-39(44)51/h6-17,22-25,34-37H,18-21H2,1-5H3,(H,47,52)(H,48,51)/t34-,35+,36+,37-,44?/m0/s1. The van der Waals surface area contributed by atoms with Crippen LogP contribution in [-0.4, -0.2) is 40.1 Å². The fourth-order valence-corrected chi connectivity index (χ4v) is 10.8. The van der Waals surface area contributed by atoms with Crippen molar-refractivity contribution in [3.63, 3.8) is 0 Å². The number of nitrogens with zero attached hydrogens (tertiary/aromatic N) is 1. The van der Waals surface area contributed by atoms with E-state index >= 15 is 9.59 Å². The largest absolute Gasteiger partial charge is 0.454 e. The van der Waals surface area contributed by atoms with Crippen LogP contribution >= 0.6 is 34.2 Å². The van der Waals surface area contributed by atoms with Gasteiger partial charge in [0, 0.05) is 31.4 Å². The third-order valence-electron chi connectivity index (χ3n) is 12.0. The molecule has 10 heteroatoms. The van der Waals surface area contributed by atoms with Crippen molar-refractivity contribution in [3.8, 4) is 0 Å². The van der Waals surface area contributed by atoms with Crippen molar-refractivity contribution in [1.29, 1.82) is 0 Å². The van der Waals surface area contributed by atoms with E-state index in [1.807, 2.05) is 106 Å². The van der Waals surface area contributed by atoms with Gasteiger partial charge in [-0.05, 0) is 127 Å². The van der Waals surface area contributed by atoms with Crippen LogP contribution in [0.3, 0.4) is 0 Å². The summed E-state index contributed by atoms with van der Waals surface area (Å²) in [7, 11) is 0. The molecule has 4 aromatic rings. The second-order valence-corrected chi connectivity index (χ2v) is 18.7. The van der Waals surface area contributed by atoms with E-state index in [4.69, 9.17) is 21.1 Å². The molecule has 54 heavy (non-hydrogen) atoms. The lowest BCUT2D eigenvalue weighted by Crippen LogP contribution is -2.64. The van der Waals surface area contributed by atoms with Crippen LogP contribution in [0.15, 0.2) is 97.1 Å². The molecule has 1 aliphatic carbocycles.